The van der Waals surface area contributed by atoms with E-state index in [0.29, 0.717) is 0 Å². The van der Waals surface area contributed by atoms with Gasteiger partial charge in [-0.15, -0.1) is 13.2 Å². The number of ether oxygens (including phenoxy) is 2. The van der Waals surface area contributed by atoms with Crippen LogP contribution in [0.3, 0.4) is 0 Å². The first-order valence-electron chi connectivity index (χ1n) is 4.30. The number of esters is 1. The number of carbonyl (C=O) groups excluding carboxylic acids is 2. The summed E-state index contributed by atoms with van der Waals surface area (Å²) >= 11 is 0. The fourth-order valence-electron chi connectivity index (χ4n) is 1.09. The summed E-state index contributed by atoms with van der Waals surface area (Å²) in [4.78, 5) is 21.6. The number of alkyl halides is 3. The average molecular weight is 248 g/mol. The third-order valence-electron chi connectivity index (χ3n) is 1.79. The molecule has 0 atom stereocenters. The average Bonchev–Trinajstić information content (AvgIpc) is 2.25. The van der Waals surface area contributed by atoms with Crippen molar-refractivity contribution in [3.05, 3.63) is 29.3 Å². The van der Waals surface area contributed by atoms with Crippen molar-refractivity contribution in [1.29, 1.82) is 0 Å². The van der Waals surface area contributed by atoms with Crippen LogP contribution >= 0.6 is 0 Å². The van der Waals surface area contributed by atoms with Crippen LogP contribution in [0.25, 0.3) is 0 Å². The highest BCUT2D eigenvalue weighted by Gasteiger charge is 2.32. The predicted octanol–water partition coefficient (Wildman–Crippen LogP) is 2.18. The molecule has 1 aromatic rings. The molecule has 0 aliphatic heterocycles. The number of rotatable bonds is 3. The molecule has 0 heterocycles. The molecule has 1 aromatic carbocycles. The van der Waals surface area contributed by atoms with Crippen molar-refractivity contribution in [2.45, 2.75) is 6.36 Å². The molecule has 0 aliphatic carbocycles. The van der Waals surface area contributed by atoms with Gasteiger partial charge in [-0.3, -0.25) is 4.79 Å². The summed E-state index contributed by atoms with van der Waals surface area (Å²) in [5.74, 6) is -1.56. The molecule has 0 bridgehead atoms. The molecular formula is C10H7F3O4. The first kappa shape index (κ1) is 13.0. The van der Waals surface area contributed by atoms with E-state index in [4.69, 9.17) is 0 Å². The first-order chi connectivity index (χ1) is 7.87. The second-order valence-corrected chi connectivity index (χ2v) is 2.91. The summed E-state index contributed by atoms with van der Waals surface area (Å²) in [6.45, 7) is 0. The fraction of sp³-hybridized carbons (Fsp3) is 0.200. The van der Waals surface area contributed by atoms with Crippen LogP contribution in [0.2, 0.25) is 0 Å². The summed E-state index contributed by atoms with van der Waals surface area (Å²) in [5, 5.41) is 0. The van der Waals surface area contributed by atoms with Crippen molar-refractivity contribution in [1.82, 2.24) is 0 Å². The molecule has 0 amide bonds. The van der Waals surface area contributed by atoms with E-state index < -0.39 is 18.1 Å². The van der Waals surface area contributed by atoms with Crippen molar-refractivity contribution in [2.24, 2.45) is 0 Å². The number of methoxy groups -OCH3 is 1. The van der Waals surface area contributed by atoms with Crippen LogP contribution in [0.1, 0.15) is 20.7 Å². The van der Waals surface area contributed by atoms with Crippen LogP contribution in [0.4, 0.5) is 13.2 Å². The van der Waals surface area contributed by atoms with Gasteiger partial charge in [0.2, 0.25) is 0 Å². The van der Waals surface area contributed by atoms with Crippen molar-refractivity contribution < 1.29 is 32.2 Å². The molecule has 0 N–H and O–H groups in total. The maximum absolute atomic E-state index is 12.0. The molecule has 0 aliphatic rings. The lowest BCUT2D eigenvalue weighted by Crippen LogP contribution is -2.18. The summed E-state index contributed by atoms with van der Waals surface area (Å²) in [7, 11) is 1.08. The van der Waals surface area contributed by atoms with E-state index in [-0.39, 0.29) is 17.4 Å². The Morgan fingerprint density at radius 1 is 1.35 bits per heavy atom. The highest BCUT2D eigenvalue weighted by atomic mass is 19.4. The summed E-state index contributed by atoms with van der Waals surface area (Å²) < 4.78 is 44.0. The van der Waals surface area contributed by atoms with Gasteiger partial charge in [0.05, 0.1) is 18.2 Å². The highest BCUT2D eigenvalue weighted by molar-refractivity contribution is 5.91. The van der Waals surface area contributed by atoms with Crippen LogP contribution in [0.5, 0.6) is 5.75 Å². The second kappa shape index (κ2) is 4.86. The maximum atomic E-state index is 12.0. The van der Waals surface area contributed by atoms with Gasteiger partial charge < -0.3 is 9.47 Å². The van der Waals surface area contributed by atoms with E-state index in [9.17, 15) is 22.8 Å². The van der Waals surface area contributed by atoms with Gasteiger partial charge in [-0.2, -0.15) is 0 Å². The monoisotopic (exact) mass is 248 g/mol. The first-order valence-corrected chi connectivity index (χ1v) is 4.30. The number of hydrogen-bond donors (Lipinski definition) is 0. The normalized spacial score (nSPS) is 10.8. The maximum Gasteiger partial charge on any atom is 0.573 e. The van der Waals surface area contributed by atoms with Gasteiger partial charge in [-0.25, -0.2) is 4.79 Å². The van der Waals surface area contributed by atoms with E-state index in [1.54, 1.807) is 0 Å². The topological polar surface area (TPSA) is 52.6 Å². The van der Waals surface area contributed by atoms with Gasteiger partial charge in [0, 0.05) is 0 Å². The zero-order chi connectivity index (χ0) is 13.1. The Morgan fingerprint density at radius 3 is 2.47 bits per heavy atom. The van der Waals surface area contributed by atoms with Gasteiger partial charge in [0.15, 0.2) is 6.29 Å². The quantitative estimate of drug-likeness (QED) is 0.607. The van der Waals surface area contributed by atoms with Crippen molar-refractivity contribution in [3.8, 4) is 5.75 Å². The molecule has 17 heavy (non-hydrogen) atoms. The summed E-state index contributed by atoms with van der Waals surface area (Å²) in [6, 6.07) is 3.00. The molecule has 0 saturated carbocycles. The number of benzene rings is 1. The van der Waals surface area contributed by atoms with Crippen LogP contribution in [0.15, 0.2) is 18.2 Å². The van der Waals surface area contributed by atoms with Crippen molar-refractivity contribution in [2.75, 3.05) is 7.11 Å². The summed E-state index contributed by atoms with van der Waals surface area (Å²) in [6.07, 6.45) is -4.74. The molecule has 1 rings (SSSR count). The largest absolute Gasteiger partial charge is 0.573 e. The van der Waals surface area contributed by atoms with E-state index in [1.165, 1.54) is 6.07 Å². The zero-order valence-corrected chi connectivity index (χ0v) is 8.58. The highest BCUT2D eigenvalue weighted by Crippen LogP contribution is 2.26. The van der Waals surface area contributed by atoms with Gasteiger partial charge in [-0.1, -0.05) is 0 Å². The van der Waals surface area contributed by atoms with Crippen LogP contribution in [-0.2, 0) is 4.74 Å². The van der Waals surface area contributed by atoms with Gasteiger partial charge in [0.1, 0.15) is 5.75 Å². The van der Waals surface area contributed by atoms with Gasteiger partial charge in [-0.05, 0) is 18.2 Å². The molecule has 0 fully saturated rings. The molecule has 0 aromatic heterocycles. The Hall–Kier alpha value is -2.05. The lowest BCUT2D eigenvalue weighted by Gasteiger charge is -2.11. The molecule has 7 heteroatoms. The van der Waals surface area contributed by atoms with Crippen molar-refractivity contribution in [3.63, 3.8) is 0 Å². The third-order valence-corrected chi connectivity index (χ3v) is 1.79. The molecule has 4 nitrogen and oxygen atoms in total. The molecule has 0 unspecified atom stereocenters. The predicted molar refractivity (Wildman–Crippen MR) is 49.9 cm³/mol. The smallest absolute Gasteiger partial charge is 0.465 e. The Balaban J connectivity index is 3.15. The Kier molecular flexibility index (Phi) is 3.72. The number of aldehydes is 1. The third kappa shape index (κ3) is 3.47. The lowest BCUT2D eigenvalue weighted by atomic mass is 10.1. The van der Waals surface area contributed by atoms with Gasteiger partial charge in [0.25, 0.3) is 0 Å². The van der Waals surface area contributed by atoms with Gasteiger partial charge >= 0.3 is 12.3 Å². The Labute approximate surface area is 93.9 Å². The lowest BCUT2D eigenvalue weighted by molar-refractivity contribution is -0.274. The number of hydrogen-bond acceptors (Lipinski definition) is 4. The van der Waals surface area contributed by atoms with E-state index in [0.717, 1.165) is 19.2 Å². The van der Waals surface area contributed by atoms with E-state index in [2.05, 4.69) is 9.47 Å². The molecule has 0 radical (unpaired) electrons. The molecule has 0 spiro atoms. The second-order valence-electron chi connectivity index (χ2n) is 2.91. The standard InChI is InChI=1S/C10H7F3O4/c1-16-9(15)6-2-3-7(5-14)8(4-6)17-10(11,12)13/h2-5H,1H3. The number of carbonyl (C=O) groups is 2. The van der Waals surface area contributed by atoms with E-state index >= 15 is 0 Å². The molecule has 0 saturated heterocycles. The van der Waals surface area contributed by atoms with Crippen LogP contribution in [-0.4, -0.2) is 25.7 Å². The SMILES string of the molecule is COC(=O)c1ccc(C=O)c(OC(F)(F)F)c1. The van der Waals surface area contributed by atoms with Crippen LogP contribution < -0.4 is 4.74 Å². The Morgan fingerprint density at radius 2 is 2.00 bits per heavy atom. The minimum atomic E-state index is -4.94. The fourth-order valence-corrected chi connectivity index (χ4v) is 1.09. The molecular weight excluding hydrogens is 241 g/mol. The van der Waals surface area contributed by atoms with Crippen LogP contribution in [0, 0.1) is 0 Å². The van der Waals surface area contributed by atoms with Crippen molar-refractivity contribution >= 4 is 12.3 Å². The minimum Gasteiger partial charge on any atom is -0.465 e. The summed E-state index contributed by atoms with van der Waals surface area (Å²) in [5.41, 5.74) is -0.452. The zero-order valence-electron chi connectivity index (χ0n) is 8.58. The minimum absolute atomic E-state index is 0.141. The molecule has 92 valence electrons. The van der Waals surface area contributed by atoms with E-state index in [1.807, 2.05) is 0 Å². The Bertz CT molecular complexity index is 440. The number of halogens is 3.